The molecule has 2 aromatic rings. The zero-order valence-corrected chi connectivity index (χ0v) is 15.3. The third kappa shape index (κ3) is 4.07. The second-order valence-electron chi connectivity index (χ2n) is 7.18. The molecule has 2 aliphatic heterocycles. The number of hydrogen-bond donors (Lipinski definition) is 2. The fraction of sp³-hybridized carbons (Fsp3) is 0.579. The van der Waals surface area contributed by atoms with Gasteiger partial charge < -0.3 is 24.5 Å². The normalized spacial score (nSPS) is 24.7. The molecule has 0 aliphatic carbocycles. The zero-order valence-electron chi connectivity index (χ0n) is 15.3. The van der Waals surface area contributed by atoms with Gasteiger partial charge in [-0.2, -0.15) is 5.10 Å². The number of nitrogens with zero attached hydrogens (tertiary/aromatic N) is 3. The number of furan rings is 1. The molecule has 4 rings (SSSR count). The molecule has 3 atom stereocenters. The van der Waals surface area contributed by atoms with Crippen LogP contribution >= 0.6 is 0 Å². The van der Waals surface area contributed by atoms with Crippen molar-refractivity contribution >= 4 is 5.91 Å². The maximum Gasteiger partial charge on any atom is 0.274 e. The molecule has 2 N–H and O–H groups in total. The Morgan fingerprint density at radius 3 is 3.15 bits per heavy atom. The average molecular weight is 374 g/mol. The number of nitrogens with one attached hydrogen (secondary N) is 1. The van der Waals surface area contributed by atoms with Gasteiger partial charge in [0.05, 0.1) is 31.6 Å². The number of aliphatic hydroxyl groups excluding tert-OH is 1. The Bertz CT molecular complexity index is 739. The molecule has 8 nitrogen and oxygen atoms in total. The van der Waals surface area contributed by atoms with Crippen LogP contribution in [0.4, 0.5) is 0 Å². The summed E-state index contributed by atoms with van der Waals surface area (Å²) in [7, 11) is 0. The van der Waals surface area contributed by atoms with E-state index in [1.807, 2.05) is 10.9 Å². The van der Waals surface area contributed by atoms with Gasteiger partial charge in [-0.15, -0.1) is 0 Å². The van der Waals surface area contributed by atoms with Crippen molar-refractivity contribution in [1.29, 1.82) is 0 Å². The van der Waals surface area contributed by atoms with Gasteiger partial charge in [0.15, 0.2) is 0 Å². The second-order valence-corrected chi connectivity index (χ2v) is 7.18. The summed E-state index contributed by atoms with van der Waals surface area (Å²) in [6, 6.07) is 5.34. The van der Waals surface area contributed by atoms with E-state index in [1.54, 1.807) is 23.1 Å². The van der Waals surface area contributed by atoms with E-state index < -0.39 is 6.10 Å². The average Bonchev–Trinajstić information content (AvgIpc) is 3.41. The lowest BCUT2D eigenvalue weighted by atomic mass is 10.0. The minimum absolute atomic E-state index is 0.113. The van der Waals surface area contributed by atoms with Crippen molar-refractivity contribution < 1.29 is 19.1 Å². The molecule has 146 valence electrons. The standard InChI is InChI=1S/C19H26N4O4/c24-17(18-4-2-9-27-18)11-15-13-26-10-8-22(15)19(25)16-5-7-23(21-16)14-3-1-6-20-12-14/h2,4-5,7,9,14-15,17,20,24H,1,3,6,8,10-13H2. The Labute approximate surface area is 158 Å². The lowest BCUT2D eigenvalue weighted by Gasteiger charge is -2.36. The summed E-state index contributed by atoms with van der Waals surface area (Å²) in [6.45, 7) is 3.30. The maximum absolute atomic E-state index is 13.0. The summed E-state index contributed by atoms with van der Waals surface area (Å²) >= 11 is 0. The maximum atomic E-state index is 13.0. The van der Waals surface area contributed by atoms with Gasteiger partial charge in [0, 0.05) is 25.7 Å². The molecule has 27 heavy (non-hydrogen) atoms. The van der Waals surface area contributed by atoms with E-state index in [9.17, 15) is 9.90 Å². The first-order valence-corrected chi connectivity index (χ1v) is 9.58. The van der Waals surface area contributed by atoms with Crippen molar-refractivity contribution in [3.05, 3.63) is 42.1 Å². The lowest BCUT2D eigenvalue weighted by molar-refractivity contribution is -0.0198. The van der Waals surface area contributed by atoms with Crippen molar-refractivity contribution in [3.8, 4) is 0 Å². The molecule has 1 amide bonds. The van der Waals surface area contributed by atoms with Gasteiger partial charge >= 0.3 is 0 Å². The summed E-state index contributed by atoms with van der Waals surface area (Å²) in [5.74, 6) is 0.388. The Morgan fingerprint density at radius 2 is 2.37 bits per heavy atom. The van der Waals surface area contributed by atoms with Crippen LogP contribution in [0.1, 0.15) is 47.7 Å². The minimum Gasteiger partial charge on any atom is -0.467 e. The van der Waals surface area contributed by atoms with E-state index in [0.717, 1.165) is 25.9 Å². The molecule has 2 fully saturated rings. The number of piperidine rings is 1. The van der Waals surface area contributed by atoms with Crippen molar-refractivity contribution in [2.45, 2.75) is 37.5 Å². The molecule has 8 heteroatoms. The summed E-state index contributed by atoms with van der Waals surface area (Å²) in [6.07, 6.45) is 5.20. The summed E-state index contributed by atoms with van der Waals surface area (Å²) in [5, 5.41) is 18.3. The van der Waals surface area contributed by atoms with E-state index in [4.69, 9.17) is 9.15 Å². The molecule has 0 saturated carbocycles. The molecule has 0 aromatic carbocycles. The van der Waals surface area contributed by atoms with Gasteiger partial charge in [-0.05, 0) is 37.6 Å². The predicted molar refractivity (Wildman–Crippen MR) is 97.3 cm³/mol. The summed E-state index contributed by atoms with van der Waals surface area (Å²) in [5.41, 5.74) is 0.444. The molecular formula is C19H26N4O4. The van der Waals surface area contributed by atoms with Crippen molar-refractivity contribution in [2.75, 3.05) is 32.8 Å². The number of morpholine rings is 1. The van der Waals surface area contributed by atoms with E-state index >= 15 is 0 Å². The fourth-order valence-electron chi connectivity index (χ4n) is 3.83. The molecule has 2 aromatic heterocycles. The van der Waals surface area contributed by atoms with Gasteiger partial charge in [0.1, 0.15) is 17.6 Å². The van der Waals surface area contributed by atoms with E-state index in [0.29, 0.717) is 43.7 Å². The van der Waals surface area contributed by atoms with Gasteiger partial charge in [-0.1, -0.05) is 0 Å². The molecule has 0 radical (unpaired) electrons. The number of carbonyl (C=O) groups is 1. The first-order chi connectivity index (χ1) is 13.2. The zero-order chi connectivity index (χ0) is 18.6. The number of aromatic nitrogens is 2. The summed E-state index contributed by atoms with van der Waals surface area (Å²) in [4.78, 5) is 14.8. The first kappa shape index (κ1) is 18.2. The topological polar surface area (TPSA) is 92.8 Å². The van der Waals surface area contributed by atoms with E-state index in [2.05, 4.69) is 10.4 Å². The quantitative estimate of drug-likeness (QED) is 0.821. The highest BCUT2D eigenvalue weighted by molar-refractivity contribution is 5.92. The predicted octanol–water partition coefficient (Wildman–Crippen LogP) is 1.37. The smallest absolute Gasteiger partial charge is 0.274 e. The molecular weight excluding hydrogens is 348 g/mol. The molecule has 2 saturated heterocycles. The van der Waals surface area contributed by atoms with Crippen LogP contribution in [0.25, 0.3) is 0 Å². The van der Waals surface area contributed by atoms with Crippen LogP contribution in [-0.2, 0) is 4.74 Å². The number of carbonyl (C=O) groups excluding carboxylic acids is 1. The third-order valence-electron chi connectivity index (χ3n) is 5.33. The van der Waals surface area contributed by atoms with Crippen LogP contribution in [0.15, 0.2) is 35.1 Å². The van der Waals surface area contributed by atoms with E-state index in [-0.39, 0.29) is 11.9 Å². The number of hydrogen-bond acceptors (Lipinski definition) is 6. The van der Waals surface area contributed by atoms with E-state index in [1.165, 1.54) is 6.26 Å². The Kier molecular flexibility index (Phi) is 5.56. The highest BCUT2D eigenvalue weighted by Gasteiger charge is 2.32. The Hall–Kier alpha value is -2.16. The van der Waals surface area contributed by atoms with Crippen molar-refractivity contribution in [3.63, 3.8) is 0 Å². The Morgan fingerprint density at radius 1 is 1.44 bits per heavy atom. The van der Waals surface area contributed by atoms with Crippen molar-refractivity contribution in [1.82, 2.24) is 20.0 Å². The molecule has 0 spiro atoms. The Balaban J connectivity index is 1.45. The monoisotopic (exact) mass is 374 g/mol. The SMILES string of the molecule is O=C(c1ccn(C2CCCNC2)n1)N1CCOCC1CC(O)c1ccco1. The number of rotatable bonds is 5. The number of amides is 1. The minimum atomic E-state index is -0.770. The largest absolute Gasteiger partial charge is 0.467 e. The van der Waals surface area contributed by atoms with Gasteiger partial charge in [-0.25, -0.2) is 0 Å². The van der Waals surface area contributed by atoms with Crippen LogP contribution in [0, 0.1) is 0 Å². The highest BCUT2D eigenvalue weighted by Crippen LogP contribution is 2.24. The highest BCUT2D eigenvalue weighted by atomic mass is 16.5. The molecule has 2 aliphatic rings. The van der Waals surface area contributed by atoms with Crippen LogP contribution < -0.4 is 5.32 Å². The molecule has 3 unspecified atom stereocenters. The van der Waals surface area contributed by atoms with Crippen LogP contribution in [-0.4, -0.2) is 64.6 Å². The van der Waals surface area contributed by atoms with Gasteiger partial charge in [0.25, 0.3) is 5.91 Å². The molecule has 4 heterocycles. The molecule has 0 bridgehead atoms. The lowest BCUT2D eigenvalue weighted by Crippen LogP contribution is -2.49. The first-order valence-electron chi connectivity index (χ1n) is 9.58. The third-order valence-corrected chi connectivity index (χ3v) is 5.33. The van der Waals surface area contributed by atoms with Crippen LogP contribution in [0.3, 0.4) is 0 Å². The van der Waals surface area contributed by atoms with Gasteiger partial charge in [0.2, 0.25) is 0 Å². The van der Waals surface area contributed by atoms with Crippen molar-refractivity contribution in [2.24, 2.45) is 0 Å². The van der Waals surface area contributed by atoms with Crippen LogP contribution in [0.5, 0.6) is 0 Å². The second kappa shape index (κ2) is 8.24. The fourth-order valence-corrected chi connectivity index (χ4v) is 3.83. The van der Waals surface area contributed by atoms with Gasteiger partial charge in [-0.3, -0.25) is 9.48 Å². The van der Waals surface area contributed by atoms with Crippen LogP contribution in [0.2, 0.25) is 0 Å². The number of ether oxygens (including phenoxy) is 1. The summed E-state index contributed by atoms with van der Waals surface area (Å²) < 4.78 is 12.7. The number of aliphatic hydroxyl groups is 1.